The first-order valence-corrected chi connectivity index (χ1v) is 17.9. The van der Waals surface area contributed by atoms with Crippen LogP contribution in [-0.2, 0) is 0 Å². The number of aliphatic hydroxyl groups excluding tert-OH is 2. The van der Waals surface area contributed by atoms with Crippen molar-refractivity contribution in [2.75, 3.05) is 13.2 Å². The molecule has 0 amide bonds. The Morgan fingerprint density at radius 3 is 1.18 bits per heavy atom. The molecule has 0 saturated carbocycles. The Hall–Kier alpha value is -0.380. The fraction of sp³-hybridized carbons (Fsp3) is 0.944. The van der Waals surface area contributed by atoms with E-state index in [-0.39, 0.29) is 12.6 Å². The largest absolute Gasteiger partial charge is 0.395 e. The highest BCUT2D eigenvalue weighted by Gasteiger charge is 2.14. The summed E-state index contributed by atoms with van der Waals surface area (Å²) in [5.74, 6) is 0. The van der Waals surface area contributed by atoms with Crippen LogP contribution < -0.4 is 5.32 Å². The summed E-state index contributed by atoms with van der Waals surface area (Å²) < 4.78 is 0. The number of unbranched alkanes of at least 4 members (excludes halogenated alkanes) is 26. The average molecular weight is 552 g/mol. The van der Waals surface area contributed by atoms with Crippen molar-refractivity contribution in [3.05, 3.63) is 12.2 Å². The summed E-state index contributed by atoms with van der Waals surface area (Å²) in [4.78, 5) is 0. The second kappa shape index (κ2) is 33.8. The van der Waals surface area contributed by atoms with E-state index in [0.29, 0.717) is 0 Å². The minimum absolute atomic E-state index is 0.0111. The first kappa shape index (κ1) is 38.6. The molecular weight excluding hydrogens is 478 g/mol. The van der Waals surface area contributed by atoms with Gasteiger partial charge in [0.25, 0.3) is 0 Å². The van der Waals surface area contributed by atoms with Gasteiger partial charge in [-0.05, 0) is 25.8 Å². The first-order chi connectivity index (χ1) is 19.3. The Morgan fingerprint density at radius 1 is 0.487 bits per heavy atom. The molecule has 0 aromatic heterocycles. The molecule has 0 radical (unpaired) electrons. The third-order valence-electron chi connectivity index (χ3n) is 8.35. The molecule has 0 aliphatic rings. The summed E-state index contributed by atoms with van der Waals surface area (Å²) in [5.41, 5.74) is 0. The van der Waals surface area contributed by atoms with Crippen molar-refractivity contribution in [2.45, 2.75) is 206 Å². The van der Waals surface area contributed by atoms with Gasteiger partial charge in [0, 0.05) is 0 Å². The van der Waals surface area contributed by atoms with Crippen molar-refractivity contribution in [1.82, 2.24) is 5.32 Å². The molecule has 0 aromatic carbocycles. The van der Waals surface area contributed by atoms with Crippen LogP contribution >= 0.6 is 0 Å². The molecule has 3 N–H and O–H groups in total. The van der Waals surface area contributed by atoms with Crippen LogP contribution in [0.3, 0.4) is 0 Å². The van der Waals surface area contributed by atoms with E-state index in [4.69, 9.17) is 0 Å². The minimum Gasteiger partial charge on any atom is -0.395 e. The number of rotatable bonds is 33. The number of allylic oxidation sites excluding steroid dienone is 1. The zero-order valence-corrected chi connectivity index (χ0v) is 26.9. The summed E-state index contributed by atoms with van der Waals surface area (Å²) in [5, 5.41) is 23.5. The van der Waals surface area contributed by atoms with Gasteiger partial charge in [-0.15, -0.1) is 0 Å². The maximum atomic E-state index is 10.4. The Bertz CT molecular complexity index is 467. The topological polar surface area (TPSA) is 52.5 Å². The van der Waals surface area contributed by atoms with E-state index in [1.165, 1.54) is 167 Å². The highest BCUT2D eigenvalue weighted by molar-refractivity contribution is 4.94. The Morgan fingerprint density at radius 2 is 0.821 bits per heavy atom. The molecule has 0 spiro atoms. The van der Waals surface area contributed by atoms with Gasteiger partial charge >= 0.3 is 0 Å². The van der Waals surface area contributed by atoms with Crippen LogP contribution in [0.2, 0.25) is 0 Å². The number of hydrogen-bond acceptors (Lipinski definition) is 3. The Balaban J connectivity index is 3.45. The van der Waals surface area contributed by atoms with E-state index in [1.54, 1.807) is 0 Å². The van der Waals surface area contributed by atoms with Crippen LogP contribution in [0.25, 0.3) is 0 Å². The van der Waals surface area contributed by atoms with Crippen LogP contribution in [0.4, 0.5) is 0 Å². The van der Waals surface area contributed by atoms with E-state index in [0.717, 1.165) is 19.4 Å². The van der Waals surface area contributed by atoms with Gasteiger partial charge in [0.1, 0.15) is 0 Å². The van der Waals surface area contributed by atoms with E-state index in [1.807, 2.05) is 6.08 Å². The standard InChI is InChI=1S/C36H73NO2/c1-3-5-7-9-11-13-15-17-18-19-21-23-25-27-29-31-33-37-35(34-38)36(39)32-30-28-26-24-22-20-16-14-12-10-8-6-4-2/h30,32,35-39H,3-29,31,33-34H2,1-2H3/t35-,36+/m0/s1. The van der Waals surface area contributed by atoms with E-state index in [9.17, 15) is 10.2 Å². The Labute approximate surface area is 246 Å². The van der Waals surface area contributed by atoms with Gasteiger partial charge in [-0.3, -0.25) is 0 Å². The fourth-order valence-corrected chi connectivity index (χ4v) is 5.55. The Kier molecular flexibility index (Phi) is 33.5. The summed E-state index contributed by atoms with van der Waals surface area (Å²) >= 11 is 0. The normalized spacial score (nSPS) is 13.4. The van der Waals surface area contributed by atoms with Crippen LogP contribution in [0, 0.1) is 0 Å². The van der Waals surface area contributed by atoms with Gasteiger partial charge in [-0.25, -0.2) is 0 Å². The lowest BCUT2D eigenvalue weighted by molar-refractivity contribution is 0.123. The monoisotopic (exact) mass is 552 g/mol. The third kappa shape index (κ3) is 30.4. The number of hydrogen-bond donors (Lipinski definition) is 3. The van der Waals surface area contributed by atoms with Crippen molar-refractivity contribution < 1.29 is 10.2 Å². The van der Waals surface area contributed by atoms with Crippen molar-refractivity contribution in [1.29, 1.82) is 0 Å². The highest BCUT2D eigenvalue weighted by Crippen LogP contribution is 2.14. The van der Waals surface area contributed by atoms with Crippen molar-refractivity contribution >= 4 is 0 Å². The van der Waals surface area contributed by atoms with Crippen LogP contribution in [0.1, 0.15) is 194 Å². The van der Waals surface area contributed by atoms with Crippen LogP contribution in [0.15, 0.2) is 12.2 Å². The number of nitrogens with one attached hydrogen (secondary N) is 1. The summed E-state index contributed by atoms with van der Waals surface area (Å²) in [6.07, 6.45) is 41.5. The zero-order valence-electron chi connectivity index (χ0n) is 26.9. The van der Waals surface area contributed by atoms with Gasteiger partial charge < -0.3 is 15.5 Å². The van der Waals surface area contributed by atoms with Gasteiger partial charge in [0.2, 0.25) is 0 Å². The van der Waals surface area contributed by atoms with E-state index < -0.39 is 6.10 Å². The van der Waals surface area contributed by atoms with E-state index >= 15 is 0 Å². The molecule has 39 heavy (non-hydrogen) atoms. The lowest BCUT2D eigenvalue weighted by atomic mass is 10.0. The SMILES string of the molecule is CCCCCCCCCCCCCC=C[C@@H](O)[C@H](CO)NCCCCCCCCCCCCCCCCCC. The molecular formula is C36H73NO2. The molecule has 0 rings (SSSR count). The molecule has 0 aromatic rings. The van der Waals surface area contributed by atoms with Gasteiger partial charge in [-0.1, -0.05) is 187 Å². The predicted molar refractivity (Wildman–Crippen MR) is 175 cm³/mol. The fourth-order valence-electron chi connectivity index (χ4n) is 5.55. The van der Waals surface area contributed by atoms with Crippen LogP contribution in [-0.4, -0.2) is 35.5 Å². The molecule has 234 valence electrons. The van der Waals surface area contributed by atoms with E-state index in [2.05, 4.69) is 25.2 Å². The smallest absolute Gasteiger partial charge is 0.0896 e. The third-order valence-corrected chi connectivity index (χ3v) is 8.35. The molecule has 0 heterocycles. The maximum absolute atomic E-state index is 10.4. The second-order valence-electron chi connectivity index (χ2n) is 12.3. The average Bonchev–Trinajstić information content (AvgIpc) is 2.95. The molecule has 0 fully saturated rings. The van der Waals surface area contributed by atoms with Gasteiger partial charge in [0.05, 0.1) is 18.8 Å². The molecule has 0 bridgehead atoms. The summed E-state index contributed by atoms with van der Waals surface area (Å²) in [7, 11) is 0. The molecule has 3 nitrogen and oxygen atoms in total. The minimum atomic E-state index is -0.594. The number of aliphatic hydroxyl groups is 2. The molecule has 0 aliphatic carbocycles. The lowest BCUT2D eigenvalue weighted by Gasteiger charge is -2.19. The van der Waals surface area contributed by atoms with Crippen molar-refractivity contribution in [3.8, 4) is 0 Å². The summed E-state index contributed by atoms with van der Waals surface area (Å²) in [6.45, 7) is 5.44. The molecule has 0 aliphatic heterocycles. The van der Waals surface area contributed by atoms with Crippen molar-refractivity contribution in [2.24, 2.45) is 0 Å². The van der Waals surface area contributed by atoms with Crippen LogP contribution in [0.5, 0.6) is 0 Å². The van der Waals surface area contributed by atoms with Gasteiger partial charge in [-0.2, -0.15) is 0 Å². The van der Waals surface area contributed by atoms with Gasteiger partial charge in [0.15, 0.2) is 0 Å². The summed E-state index contributed by atoms with van der Waals surface area (Å²) in [6, 6.07) is -0.241. The molecule has 0 saturated heterocycles. The highest BCUT2D eigenvalue weighted by atomic mass is 16.3. The molecule has 2 atom stereocenters. The maximum Gasteiger partial charge on any atom is 0.0896 e. The molecule has 3 heteroatoms. The molecule has 0 unspecified atom stereocenters. The van der Waals surface area contributed by atoms with Crippen molar-refractivity contribution in [3.63, 3.8) is 0 Å². The first-order valence-electron chi connectivity index (χ1n) is 17.9. The zero-order chi connectivity index (χ0) is 28.5. The predicted octanol–water partition coefficient (Wildman–Crippen LogP) is 10.8. The lowest BCUT2D eigenvalue weighted by Crippen LogP contribution is -2.42. The quantitative estimate of drug-likeness (QED) is 0.0561. The second-order valence-corrected chi connectivity index (χ2v) is 12.3.